The highest BCUT2D eigenvalue weighted by molar-refractivity contribution is 5.25. The monoisotopic (exact) mass is 190 g/mol. The Kier molecular flexibility index (Phi) is 2.51. The number of rotatable bonds is 3. The van der Waals surface area contributed by atoms with Gasteiger partial charge in [-0.25, -0.2) is 4.98 Å². The van der Waals surface area contributed by atoms with Crippen LogP contribution in [-0.4, -0.2) is 31.5 Å². The Morgan fingerprint density at radius 1 is 1.43 bits per heavy atom. The van der Waals surface area contributed by atoms with E-state index in [1.807, 2.05) is 6.07 Å². The predicted molar refractivity (Wildman–Crippen MR) is 49.9 cm³/mol. The first-order valence-electron chi connectivity index (χ1n) is 4.31. The minimum Gasteiger partial charge on any atom is -0.396 e. The van der Waals surface area contributed by atoms with E-state index < -0.39 is 0 Å². The predicted octanol–water partition coefficient (Wildman–Crippen LogP) is 0.197. The Morgan fingerprint density at radius 3 is 3.07 bits per heavy atom. The van der Waals surface area contributed by atoms with Crippen LogP contribution in [0.15, 0.2) is 31.0 Å². The lowest BCUT2D eigenvalue weighted by Crippen LogP contribution is -2.00. The zero-order chi connectivity index (χ0) is 9.80. The van der Waals surface area contributed by atoms with E-state index in [1.165, 1.54) is 0 Å². The molecule has 2 aromatic heterocycles. The Balaban J connectivity index is 2.31. The molecule has 0 radical (unpaired) electrons. The maximum atomic E-state index is 8.77. The van der Waals surface area contributed by atoms with Crippen molar-refractivity contribution in [3.05, 3.63) is 36.5 Å². The van der Waals surface area contributed by atoms with Gasteiger partial charge in [-0.1, -0.05) is 0 Å². The van der Waals surface area contributed by atoms with Crippen molar-refractivity contribution in [2.75, 3.05) is 6.61 Å². The molecule has 14 heavy (non-hydrogen) atoms. The molecule has 2 aromatic rings. The third kappa shape index (κ3) is 1.77. The number of nitrogens with zero attached hydrogens (tertiary/aromatic N) is 4. The fourth-order valence-corrected chi connectivity index (χ4v) is 1.18. The highest BCUT2D eigenvalue weighted by Gasteiger charge is 1.99. The zero-order valence-electron chi connectivity index (χ0n) is 7.54. The van der Waals surface area contributed by atoms with Crippen LogP contribution in [0, 0.1) is 0 Å². The van der Waals surface area contributed by atoms with E-state index in [1.54, 1.807) is 29.5 Å². The summed E-state index contributed by atoms with van der Waals surface area (Å²) in [4.78, 5) is 3.92. The second-order valence-electron chi connectivity index (χ2n) is 2.87. The van der Waals surface area contributed by atoms with Crippen molar-refractivity contribution in [2.24, 2.45) is 0 Å². The average molecular weight is 190 g/mol. The Hall–Kier alpha value is -1.75. The molecule has 5 nitrogen and oxygen atoms in total. The molecule has 0 aromatic carbocycles. The van der Waals surface area contributed by atoms with Crippen LogP contribution in [0.5, 0.6) is 0 Å². The van der Waals surface area contributed by atoms with E-state index in [9.17, 15) is 0 Å². The first-order valence-corrected chi connectivity index (χ1v) is 4.31. The SMILES string of the molecule is OCCc1cnnc(-n2ccnc2)c1. The summed E-state index contributed by atoms with van der Waals surface area (Å²) in [7, 11) is 0. The van der Waals surface area contributed by atoms with E-state index in [-0.39, 0.29) is 6.61 Å². The number of hydrogen-bond donors (Lipinski definition) is 1. The summed E-state index contributed by atoms with van der Waals surface area (Å²) in [5, 5.41) is 16.6. The molecule has 0 aliphatic carbocycles. The van der Waals surface area contributed by atoms with E-state index in [0.29, 0.717) is 12.2 Å². The van der Waals surface area contributed by atoms with E-state index in [4.69, 9.17) is 5.11 Å². The third-order valence-corrected chi connectivity index (χ3v) is 1.87. The molecule has 0 saturated heterocycles. The third-order valence-electron chi connectivity index (χ3n) is 1.87. The summed E-state index contributed by atoms with van der Waals surface area (Å²) < 4.78 is 1.77. The Morgan fingerprint density at radius 2 is 2.36 bits per heavy atom. The topological polar surface area (TPSA) is 63.8 Å². The van der Waals surface area contributed by atoms with Gasteiger partial charge in [0.15, 0.2) is 5.82 Å². The second kappa shape index (κ2) is 3.97. The van der Waals surface area contributed by atoms with Crippen molar-refractivity contribution >= 4 is 0 Å². The maximum Gasteiger partial charge on any atom is 0.160 e. The van der Waals surface area contributed by atoms with Gasteiger partial charge in [0.1, 0.15) is 6.33 Å². The number of imidazole rings is 1. The fraction of sp³-hybridized carbons (Fsp3) is 0.222. The number of aliphatic hydroxyl groups excluding tert-OH is 1. The first-order chi connectivity index (χ1) is 6.90. The first kappa shape index (κ1) is 8.83. The number of hydrogen-bond acceptors (Lipinski definition) is 4. The van der Waals surface area contributed by atoms with Crippen molar-refractivity contribution in [2.45, 2.75) is 6.42 Å². The van der Waals surface area contributed by atoms with Gasteiger partial charge in [0.25, 0.3) is 0 Å². The Labute approximate surface area is 81.1 Å². The lowest BCUT2D eigenvalue weighted by Gasteiger charge is -2.01. The van der Waals surface area contributed by atoms with Crippen molar-refractivity contribution in [1.29, 1.82) is 0 Å². The molecule has 0 aliphatic heterocycles. The van der Waals surface area contributed by atoms with Gasteiger partial charge in [-0.15, -0.1) is 5.10 Å². The molecule has 5 heteroatoms. The summed E-state index contributed by atoms with van der Waals surface area (Å²) in [6.45, 7) is 0.120. The smallest absolute Gasteiger partial charge is 0.160 e. The maximum absolute atomic E-state index is 8.77. The molecule has 1 N–H and O–H groups in total. The van der Waals surface area contributed by atoms with Gasteiger partial charge in [0.05, 0.1) is 6.20 Å². The van der Waals surface area contributed by atoms with Crippen molar-refractivity contribution < 1.29 is 5.11 Å². The summed E-state index contributed by atoms with van der Waals surface area (Å²) in [5.74, 6) is 0.716. The van der Waals surface area contributed by atoms with Crippen molar-refractivity contribution in [1.82, 2.24) is 19.7 Å². The van der Waals surface area contributed by atoms with Crippen molar-refractivity contribution in [3.8, 4) is 5.82 Å². The van der Waals surface area contributed by atoms with Gasteiger partial charge >= 0.3 is 0 Å². The number of aromatic nitrogens is 4. The van der Waals surface area contributed by atoms with Crippen LogP contribution in [0.25, 0.3) is 5.82 Å². The largest absolute Gasteiger partial charge is 0.396 e. The lowest BCUT2D eigenvalue weighted by molar-refractivity contribution is 0.299. The molecule has 0 atom stereocenters. The highest BCUT2D eigenvalue weighted by Crippen LogP contribution is 2.05. The number of aliphatic hydroxyl groups is 1. The average Bonchev–Trinajstić information content (AvgIpc) is 2.71. The molecular weight excluding hydrogens is 180 g/mol. The van der Waals surface area contributed by atoms with Crippen LogP contribution in [0.1, 0.15) is 5.56 Å². The van der Waals surface area contributed by atoms with E-state index in [0.717, 1.165) is 5.56 Å². The normalized spacial score (nSPS) is 10.4. The fourth-order valence-electron chi connectivity index (χ4n) is 1.18. The molecule has 0 amide bonds. The summed E-state index contributed by atoms with van der Waals surface area (Å²) >= 11 is 0. The summed E-state index contributed by atoms with van der Waals surface area (Å²) in [6, 6.07) is 1.88. The molecule has 0 saturated carbocycles. The van der Waals surface area contributed by atoms with E-state index in [2.05, 4.69) is 15.2 Å². The van der Waals surface area contributed by atoms with Gasteiger partial charge in [0.2, 0.25) is 0 Å². The minimum absolute atomic E-state index is 0.120. The standard InChI is InChI=1S/C9H10N4O/c14-4-1-8-5-9(12-11-6-8)13-3-2-10-7-13/h2-3,5-7,14H,1,4H2. The molecule has 0 bridgehead atoms. The van der Waals surface area contributed by atoms with Crippen LogP contribution >= 0.6 is 0 Å². The molecular formula is C9H10N4O. The van der Waals surface area contributed by atoms with Crippen LogP contribution in [0.3, 0.4) is 0 Å². The van der Waals surface area contributed by atoms with Gasteiger partial charge in [0, 0.05) is 19.0 Å². The zero-order valence-corrected chi connectivity index (χ0v) is 7.54. The molecule has 2 heterocycles. The van der Waals surface area contributed by atoms with Crippen LogP contribution in [0.4, 0.5) is 0 Å². The summed E-state index contributed by atoms with van der Waals surface area (Å²) in [6.07, 6.45) is 7.38. The Bertz CT molecular complexity index is 399. The van der Waals surface area contributed by atoms with Gasteiger partial charge in [-0.2, -0.15) is 5.10 Å². The molecule has 2 rings (SSSR count). The van der Waals surface area contributed by atoms with Gasteiger partial charge < -0.3 is 5.11 Å². The van der Waals surface area contributed by atoms with Crippen LogP contribution in [-0.2, 0) is 6.42 Å². The quantitative estimate of drug-likeness (QED) is 0.750. The van der Waals surface area contributed by atoms with Crippen LogP contribution in [0.2, 0.25) is 0 Å². The van der Waals surface area contributed by atoms with E-state index >= 15 is 0 Å². The second-order valence-corrected chi connectivity index (χ2v) is 2.87. The molecule has 72 valence electrons. The van der Waals surface area contributed by atoms with Crippen LogP contribution < -0.4 is 0 Å². The van der Waals surface area contributed by atoms with Gasteiger partial charge in [-0.05, 0) is 18.1 Å². The highest BCUT2D eigenvalue weighted by atomic mass is 16.2. The summed E-state index contributed by atoms with van der Waals surface area (Å²) in [5.41, 5.74) is 0.964. The molecule has 0 spiro atoms. The van der Waals surface area contributed by atoms with Gasteiger partial charge in [-0.3, -0.25) is 4.57 Å². The molecule has 0 unspecified atom stereocenters. The minimum atomic E-state index is 0.120. The van der Waals surface area contributed by atoms with Crippen molar-refractivity contribution in [3.63, 3.8) is 0 Å². The molecule has 0 aliphatic rings. The lowest BCUT2D eigenvalue weighted by atomic mass is 10.2. The molecule has 0 fully saturated rings.